The van der Waals surface area contributed by atoms with Gasteiger partial charge < -0.3 is 4.90 Å². The van der Waals surface area contributed by atoms with Gasteiger partial charge in [0.05, 0.1) is 5.52 Å². The van der Waals surface area contributed by atoms with Crippen molar-refractivity contribution in [2.45, 2.75) is 46.5 Å². The van der Waals surface area contributed by atoms with Crippen molar-refractivity contribution < 1.29 is 0 Å². The molecule has 0 aliphatic carbocycles. The molecule has 0 aliphatic rings. The first-order valence-corrected chi connectivity index (χ1v) is 10.3. The van der Waals surface area contributed by atoms with Gasteiger partial charge in [-0.15, -0.1) is 11.3 Å². The van der Waals surface area contributed by atoms with Crippen molar-refractivity contribution in [3.8, 4) is 10.4 Å². The number of aromatic nitrogens is 2. The summed E-state index contributed by atoms with van der Waals surface area (Å²) >= 11 is 1.51. The number of fused-ring (bicyclic) bond motifs is 1. The largest absolute Gasteiger partial charge is 0.342 e. The molecular weight excluding hydrogens is 342 g/mol. The Labute approximate surface area is 158 Å². The zero-order valence-electron chi connectivity index (χ0n) is 15.8. The van der Waals surface area contributed by atoms with Crippen molar-refractivity contribution in [1.82, 2.24) is 9.97 Å². The molecule has 0 amide bonds. The zero-order chi connectivity index (χ0) is 18.5. The lowest BCUT2D eigenvalue weighted by Crippen LogP contribution is -2.29. The normalized spacial score (nSPS) is 11.2. The molecule has 0 aliphatic heterocycles. The SMILES string of the molecule is CCCCN(CCCC)c1nc2cc(-c3ccc(C)cc3)sc2c(=O)[nH]1. The minimum atomic E-state index is -0.0358. The van der Waals surface area contributed by atoms with E-state index >= 15 is 0 Å². The van der Waals surface area contributed by atoms with E-state index in [2.05, 4.69) is 54.9 Å². The molecule has 2 heterocycles. The summed E-state index contributed by atoms with van der Waals surface area (Å²) in [6, 6.07) is 10.4. The van der Waals surface area contributed by atoms with Crippen LogP contribution in [0.1, 0.15) is 45.1 Å². The first kappa shape index (κ1) is 18.6. The molecule has 2 aromatic heterocycles. The van der Waals surface area contributed by atoms with E-state index in [1.807, 2.05) is 6.07 Å². The minimum absolute atomic E-state index is 0.0358. The topological polar surface area (TPSA) is 49.0 Å². The van der Waals surface area contributed by atoms with Gasteiger partial charge in [0.1, 0.15) is 4.70 Å². The average molecular weight is 370 g/mol. The van der Waals surface area contributed by atoms with Crippen molar-refractivity contribution in [1.29, 1.82) is 0 Å². The van der Waals surface area contributed by atoms with Crippen molar-refractivity contribution in [3.05, 3.63) is 46.2 Å². The maximum atomic E-state index is 12.6. The first-order chi connectivity index (χ1) is 12.6. The van der Waals surface area contributed by atoms with Gasteiger partial charge in [0.25, 0.3) is 5.56 Å². The molecule has 26 heavy (non-hydrogen) atoms. The van der Waals surface area contributed by atoms with E-state index in [0.717, 1.165) is 54.7 Å². The highest BCUT2D eigenvalue weighted by Crippen LogP contribution is 2.31. The van der Waals surface area contributed by atoms with E-state index in [9.17, 15) is 4.79 Å². The summed E-state index contributed by atoms with van der Waals surface area (Å²) in [5.74, 6) is 0.706. The number of aryl methyl sites for hydroxylation is 1. The van der Waals surface area contributed by atoms with Crippen LogP contribution in [0.4, 0.5) is 5.95 Å². The van der Waals surface area contributed by atoms with E-state index in [1.165, 1.54) is 16.9 Å². The number of unbranched alkanes of at least 4 members (excludes halogenated alkanes) is 2. The standard InChI is InChI=1S/C21H27N3OS/c1-4-6-12-24(13-7-5-2)21-22-17-14-18(26-19(17)20(25)23-21)16-10-8-15(3)9-11-16/h8-11,14H,4-7,12-13H2,1-3H3,(H,22,23,25). The Kier molecular flexibility index (Phi) is 6.09. The summed E-state index contributed by atoms with van der Waals surface area (Å²) in [5.41, 5.74) is 3.12. The van der Waals surface area contributed by atoms with E-state index in [1.54, 1.807) is 0 Å². The van der Waals surface area contributed by atoms with E-state index in [4.69, 9.17) is 4.98 Å². The second kappa shape index (κ2) is 8.49. The second-order valence-corrected chi connectivity index (χ2v) is 7.83. The molecule has 0 radical (unpaired) electrons. The van der Waals surface area contributed by atoms with Crippen LogP contribution in [0, 0.1) is 6.92 Å². The number of thiophene rings is 1. The van der Waals surface area contributed by atoms with Crippen LogP contribution in [0.15, 0.2) is 35.1 Å². The summed E-state index contributed by atoms with van der Waals surface area (Å²) in [7, 11) is 0. The van der Waals surface area contributed by atoms with Crippen LogP contribution in [-0.4, -0.2) is 23.1 Å². The van der Waals surface area contributed by atoms with Crippen molar-refractivity contribution in [3.63, 3.8) is 0 Å². The third-order valence-corrected chi connectivity index (χ3v) is 5.74. The lowest BCUT2D eigenvalue weighted by atomic mass is 10.1. The highest BCUT2D eigenvalue weighted by Gasteiger charge is 2.14. The number of aromatic amines is 1. The Morgan fingerprint density at radius 3 is 2.35 bits per heavy atom. The Morgan fingerprint density at radius 2 is 1.73 bits per heavy atom. The molecule has 0 atom stereocenters. The maximum absolute atomic E-state index is 12.6. The highest BCUT2D eigenvalue weighted by molar-refractivity contribution is 7.22. The smallest absolute Gasteiger partial charge is 0.270 e. The van der Waals surface area contributed by atoms with Gasteiger partial charge in [-0.1, -0.05) is 56.5 Å². The third kappa shape index (κ3) is 4.15. The fourth-order valence-corrected chi connectivity index (χ4v) is 3.96. The molecule has 0 saturated carbocycles. The van der Waals surface area contributed by atoms with Crippen LogP contribution in [-0.2, 0) is 0 Å². The predicted octanol–water partition coefficient (Wildman–Crippen LogP) is 5.37. The van der Waals surface area contributed by atoms with E-state index in [-0.39, 0.29) is 5.56 Å². The summed E-state index contributed by atoms with van der Waals surface area (Å²) in [6.07, 6.45) is 4.46. The monoisotopic (exact) mass is 369 g/mol. The summed E-state index contributed by atoms with van der Waals surface area (Å²) in [4.78, 5) is 23.7. The van der Waals surface area contributed by atoms with Gasteiger partial charge >= 0.3 is 0 Å². The molecule has 0 saturated heterocycles. The second-order valence-electron chi connectivity index (χ2n) is 6.77. The van der Waals surface area contributed by atoms with Gasteiger partial charge in [0.2, 0.25) is 5.95 Å². The van der Waals surface area contributed by atoms with Crippen LogP contribution in [0.3, 0.4) is 0 Å². The molecular formula is C21H27N3OS. The Bertz CT molecular complexity index is 903. The number of nitrogens with one attached hydrogen (secondary N) is 1. The molecule has 1 aromatic carbocycles. The molecule has 0 spiro atoms. The fourth-order valence-electron chi connectivity index (χ4n) is 2.96. The Balaban J connectivity index is 1.97. The molecule has 3 rings (SSSR count). The van der Waals surface area contributed by atoms with Crippen molar-refractivity contribution in [2.24, 2.45) is 0 Å². The molecule has 0 fully saturated rings. The number of nitrogens with zero attached hydrogens (tertiary/aromatic N) is 2. The number of hydrogen-bond acceptors (Lipinski definition) is 4. The quantitative estimate of drug-likeness (QED) is 0.581. The molecule has 1 N–H and O–H groups in total. The lowest BCUT2D eigenvalue weighted by Gasteiger charge is -2.22. The van der Waals surface area contributed by atoms with Gasteiger partial charge in [0, 0.05) is 18.0 Å². The highest BCUT2D eigenvalue weighted by atomic mass is 32.1. The van der Waals surface area contributed by atoms with Crippen molar-refractivity contribution in [2.75, 3.05) is 18.0 Å². The van der Waals surface area contributed by atoms with Gasteiger partial charge in [-0.2, -0.15) is 0 Å². The van der Waals surface area contributed by atoms with Crippen LogP contribution in [0.5, 0.6) is 0 Å². The number of benzene rings is 1. The summed E-state index contributed by atoms with van der Waals surface area (Å²) in [5, 5.41) is 0. The van der Waals surface area contributed by atoms with Crippen molar-refractivity contribution >= 4 is 27.5 Å². The molecule has 4 nitrogen and oxygen atoms in total. The maximum Gasteiger partial charge on any atom is 0.270 e. The predicted molar refractivity (Wildman–Crippen MR) is 112 cm³/mol. The number of rotatable bonds is 8. The third-order valence-electron chi connectivity index (χ3n) is 4.57. The average Bonchev–Trinajstić information content (AvgIpc) is 3.07. The van der Waals surface area contributed by atoms with E-state index < -0.39 is 0 Å². The van der Waals surface area contributed by atoms with Crippen LogP contribution in [0.2, 0.25) is 0 Å². The Hall–Kier alpha value is -2.14. The van der Waals surface area contributed by atoms with Crippen LogP contribution < -0.4 is 10.5 Å². The number of hydrogen-bond donors (Lipinski definition) is 1. The number of H-pyrrole nitrogens is 1. The zero-order valence-corrected chi connectivity index (χ0v) is 16.7. The summed E-state index contributed by atoms with van der Waals surface area (Å²) < 4.78 is 0.704. The minimum Gasteiger partial charge on any atom is -0.342 e. The van der Waals surface area contributed by atoms with Gasteiger partial charge in [-0.25, -0.2) is 4.98 Å². The van der Waals surface area contributed by atoms with Gasteiger partial charge in [-0.3, -0.25) is 9.78 Å². The Morgan fingerprint density at radius 1 is 1.08 bits per heavy atom. The van der Waals surface area contributed by atoms with Gasteiger partial charge in [0.15, 0.2) is 0 Å². The van der Waals surface area contributed by atoms with E-state index in [0.29, 0.717) is 10.6 Å². The van der Waals surface area contributed by atoms with Gasteiger partial charge in [-0.05, 0) is 31.4 Å². The van der Waals surface area contributed by atoms with Crippen LogP contribution in [0.25, 0.3) is 20.7 Å². The molecule has 0 bridgehead atoms. The lowest BCUT2D eigenvalue weighted by molar-refractivity contribution is 0.663. The number of anilines is 1. The molecule has 138 valence electrons. The summed E-state index contributed by atoms with van der Waals surface area (Å²) in [6.45, 7) is 8.31. The molecule has 3 aromatic rings. The fraction of sp³-hybridized carbons (Fsp3) is 0.429. The van der Waals surface area contributed by atoms with Crippen LogP contribution >= 0.6 is 11.3 Å². The first-order valence-electron chi connectivity index (χ1n) is 9.48. The molecule has 0 unspecified atom stereocenters. The molecule has 5 heteroatoms.